The van der Waals surface area contributed by atoms with Crippen molar-refractivity contribution in [2.75, 3.05) is 0 Å². The van der Waals surface area contributed by atoms with Crippen LogP contribution < -0.4 is 0 Å². The molecule has 3 aliphatic carbocycles. The number of hydrogen-bond acceptors (Lipinski definition) is 4. The minimum atomic E-state index is -0.744. The molecule has 0 N–H and O–H groups in total. The molecule has 5 nitrogen and oxygen atoms in total. The van der Waals surface area contributed by atoms with Crippen LogP contribution in [0, 0.1) is 50.5 Å². The Labute approximate surface area is 92.4 Å². The number of fused-ring (bicyclic) bond motifs is 1. The van der Waals surface area contributed by atoms with Crippen LogP contribution in [0.2, 0.25) is 0 Å². The van der Waals surface area contributed by atoms with E-state index >= 15 is 0 Å². The lowest BCUT2D eigenvalue weighted by molar-refractivity contribution is -0.559. The molecule has 1 fully saturated rings. The van der Waals surface area contributed by atoms with Crippen molar-refractivity contribution < 1.29 is 4.92 Å². The molecule has 16 heavy (non-hydrogen) atoms. The summed E-state index contributed by atoms with van der Waals surface area (Å²) in [6.45, 7) is 1.89. The molecule has 80 valence electrons. The molecule has 0 aromatic rings. The summed E-state index contributed by atoms with van der Waals surface area (Å²) in [4.78, 5) is 10.6. The van der Waals surface area contributed by atoms with Gasteiger partial charge in [-0.1, -0.05) is 13.0 Å². The fourth-order valence-corrected chi connectivity index (χ4v) is 2.66. The van der Waals surface area contributed by atoms with Crippen molar-refractivity contribution in [3.63, 3.8) is 0 Å². The predicted molar refractivity (Wildman–Crippen MR) is 54.3 cm³/mol. The summed E-state index contributed by atoms with van der Waals surface area (Å²) < 4.78 is 0. The molecule has 4 unspecified atom stereocenters. The van der Waals surface area contributed by atoms with Gasteiger partial charge in [-0.2, -0.15) is 10.5 Å². The summed E-state index contributed by atoms with van der Waals surface area (Å²) >= 11 is 0. The van der Waals surface area contributed by atoms with Crippen molar-refractivity contribution in [3.8, 4) is 12.1 Å². The molecular weight excluding hydrogens is 206 g/mol. The van der Waals surface area contributed by atoms with Crippen LogP contribution in [-0.4, -0.2) is 11.0 Å². The third-order valence-corrected chi connectivity index (χ3v) is 3.53. The van der Waals surface area contributed by atoms with Gasteiger partial charge in [-0.25, -0.2) is 0 Å². The van der Waals surface area contributed by atoms with Gasteiger partial charge in [0, 0.05) is 10.8 Å². The van der Waals surface area contributed by atoms with Gasteiger partial charge in [0.2, 0.25) is 6.04 Å². The highest BCUT2D eigenvalue weighted by molar-refractivity contribution is 5.50. The summed E-state index contributed by atoms with van der Waals surface area (Å²) in [6, 6.07) is 3.14. The zero-order valence-electron chi connectivity index (χ0n) is 8.62. The van der Waals surface area contributed by atoms with Crippen molar-refractivity contribution in [3.05, 3.63) is 33.4 Å². The van der Waals surface area contributed by atoms with E-state index in [0.29, 0.717) is 0 Å². The number of nitriles is 2. The molecule has 0 aromatic carbocycles. The number of nitro groups is 1. The van der Waals surface area contributed by atoms with E-state index in [9.17, 15) is 10.1 Å². The average Bonchev–Trinajstić information content (AvgIpc) is 2.51. The quantitative estimate of drug-likeness (QED) is 0.488. The molecule has 0 aliphatic heterocycles. The van der Waals surface area contributed by atoms with Crippen molar-refractivity contribution in [1.82, 2.24) is 0 Å². The highest BCUT2D eigenvalue weighted by atomic mass is 16.6. The summed E-state index contributed by atoms with van der Waals surface area (Å²) in [5, 5.41) is 28.8. The van der Waals surface area contributed by atoms with E-state index in [-0.39, 0.29) is 27.9 Å². The lowest BCUT2D eigenvalue weighted by atomic mass is 9.60. The van der Waals surface area contributed by atoms with Gasteiger partial charge >= 0.3 is 0 Å². The van der Waals surface area contributed by atoms with Gasteiger partial charge in [-0.3, -0.25) is 10.1 Å². The van der Waals surface area contributed by atoms with Crippen LogP contribution in [0.4, 0.5) is 0 Å². The van der Waals surface area contributed by atoms with E-state index < -0.39 is 12.0 Å². The molecule has 3 aliphatic rings. The number of hydrogen-bond donors (Lipinski definition) is 0. The molecule has 0 radical (unpaired) electrons. The Kier molecular flexibility index (Phi) is 2.25. The maximum atomic E-state index is 10.9. The first-order valence-electron chi connectivity index (χ1n) is 4.98. The molecule has 0 amide bonds. The fraction of sp³-hybridized carbons (Fsp3) is 0.455. The van der Waals surface area contributed by atoms with Crippen molar-refractivity contribution in [2.24, 2.45) is 17.8 Å². The monoisotopic (exact) mass is 215 g/mol. The van der Waals surface area contributed by atoms with Crippen LogP contribution in [-0.2, 0) is 0 Å². The Hall–Kier alpha value is -2.14. The van der Waals surface area contributed by atoms with Gasteiger partial charge in [0.1, 0.15) is 6.07 Å². The highest BCUT2D eigenvalue weighted by Gasteiger charge is 2.57. The zero-order chi connectivity index (χ0) is 11.9. The summed E-state index contributed by atoms with van der Waals surface area (Å²) in [5.41, 5.74) is 0.535. The summed E-state index contributed by atoms with van der Waals surface area (Å²) in [5.74, 6) is -0.504. The first-order chi connectivity index (χ1) is 7.61. The summed E-state index contributed by atoms with van der Waals surface area (Å²) in [7, 11) is 0. The third kappa shape index (κ3) is 1.15. The van der Waals surface area contributed by atoms with Crippen LogP contribution in [0.5, 0.6) is 0 Å². The van der Waals surface area contributed by atoms with E-state index in [4.69, 9.17) is 10.5 Å². The van der Waals surface area contributed by atoms with Gasteiger partial charge < -0.3 is 0 Å². The van der Waals surface area contributed by atoms with Gasteiger partial charge in [0.05, 0.1) is 23.1 Å². The second-order valence-electron chi connectivity index (χ2n) is 4.15. The van der Waals surface area contributed by atoms with E-state index in [2.05, 4.69) is 0 Å². The van der Waals surface area contributed by atoms with Crippen molar-refractivity contribution in [1.29, 1.82) is 10.5 Å². The Morgan fingerprint density at radius 1 is 1.44 bits per heavy atom. The summed E-state index contributed by atoms with van der Waals surface area (Å²) in [6.07, 6.45) is 3.24. The molecule has 3 rings (SSSR count). The Morgan fingerprint density at radius 3 is 2.62 bits per heavy atom. The van der Waals surface area contributed by atoms with Gasteiger partial charge in [-0.05, 0) is 12.0 Å². The minimum absolute atomic E-state index is 0.0622. The van der Waals surface area contributed by atoms with Crippen molar-refractivity contribution >= 4 is 0 Å². The average molecular weight is 215 g/mol. The lowest BCUT2D eigenvalue weighted by Gasteiger charge is -2.41. The molecule has 5 heteroatoms. The second-order valence-corrected chi connectivity index (χ2v) is 4.15. The predicted octanol–water partition coefficient (Wildman–Crippen LogP) is 1.43. The maximum absolute atomic E-state index is 10.9. The van der Waals surface area contributed by atoms with Crippen LogP contribution in [0.1, 0.15) is 6.92 Å². The molecule has 1 saturated carbocycles. The first kappa shape index (κ1) is 10.4. The topological polar surface area (TPSA) is 90.7 Å². The fourth-order valence-electron chi connectivity index (χ4n) is 2.66. The zero-order valence-corrected chi connectivity index (χ0v) is 8.62. The van der Waals surface area contributed by atoms with Crippen LogP contribution in [0.25, 0.3) is 0 Å². The first-order valence-corrected chi connectivity index (χ1v) is 4.98. The van der Waals surface area contributed by atoms with E-state index in [1.807, 2.05) is 19.1 Å². The van der Waals surface area contributed by atoms with E-state index in [1.165, 1.54) is 0 Å². The molecule has 2 bridgehead atoms. The number of rotatable bonds is 1. The van der Waals surface area contributed by atoms with Crippen LogP contribution in [0.15, 0.2) is 23.3 Å². The van der Waals surface area contributed by atoms with E-state index in [1.54, 1.807) is 12.2 Å². The van der Waals surface area contributed by atoms with Gasteiger partial charge in [-0.15, -0.1) is 0 Å². The largest absolute Gasteiger partial charge is 0.264 e. The highest BCUT2D eigenvalue weighted by Crippen LogP contribution is 2.49. The van der Waals surface area contributed by atoms with Crippen molar-refractivity contribution in [2.45, 2.75) is 13.0 Å². The van der Waals surface area contributed by atoms with Gasteiger partial charge in [0.25, 0.3) is 0 Å². The molecule has 0 heterocycles. The Morgan fingerprint density at radius 2 is 2.12 bits per heavy atom. The number of allylic oxidation sites excluding steroid dienone is 2. The third-order valence-electron chi connectivity index (χ3n) is 3.53. The molecule has 0 aromatic heterocycles. The molecular formula is C11H9N3O2. The van der Waals surface area contributed by atoms with Gasteiger partial charge in [0.15, 0.2) is 0 Å². The normalized spacial score (nSPS) is 35.7. The SMILES string of the molecule is CC1C2C=CC(C#N)=C(C#N)C1C2[N+](=O)[O-]. The Bertz CT molecular complexity index is 492. The molecule has 0 spiro atoms. The minimum Gasteiger partial charge on any atom is -0.264 e. The van der Waals surface area contributed by atoms with Crippen LogP contribution in [0.3, 0.4) is 0 Å². The van der Waals surface area contributed by atoms with Crippen LogP contribution >= 0.6 is 0 Å². The number of nitrogens with zero attached hydrogens (tertiary/aromatic N) is 3. The standard InChI is InChI=1S/C11H9N3O2/c1-6-8-3-2-7(4-12)9(5-13)10(6)11(8)14(15)16/h2-3,6,8,10-11H,1H3. The maximum Gasteiger partial charge on any atom is 0.227 e. The van der Waals surface area contributed by atoms with E-state index in [0.717, 1.165) is 0 Å². The second kappa shape index (κ2) is 3.46. The smallest absolute Gasteiger partial charge is 0.227 e. The Balaban J connectivity index is 2.52. The molecule has 0 saturated heterocycles. The molecule has 4 atom stereocenters. The lowest BCUT2D eigenvalue weighted by Crippen LogP contribution is -2.53.